The maximum atomic E-state index is 11.1. The summed E-state index contributed by atoms with van der Waals surface area (Å²) in [5.41, 5.74) is 6.16. The third-order valence-electron chi connectivity index (χ3n) is 3.09. The normalized spacial score (nSPS) is 10.6. The van der Waals surface area contributed by atoms with Crippen molar-refractivity contribution in [3.05, 3.63) is 34.1 Å². The van der Waals surface area contributed by atoms with Gasteiger partial charge in [0.15, 0.2) is 11.6 Å². The first-order chi connectivity index (χ1) is 10.1. The molecule has 0 saturated carbocycles. The second kappa shape index (κ2) is 6.31. The number of nitrogens with zero attached hydrogens (tertiary/aromatic N) is 4. The molecule has 8 heteroatoms. The maximum absolute atomic E-state index is 11.1. The van der Waals surface area contributed by atoms with Gasteiger partial charge in [-0.15, -0.1) is 10.2 Å². The molecule has 1 heterocycles. The molecule has 2 rings (SSSR count). The topological polar surface area (TPSA) is 109 Å². The summed E-state index contributed by atoms with van der Waals surface area (Å²) in [6.07, 6.45) is 0.885. The van der Waals surface area contributed by atoms with Crippen molar-refractivity contribution in [3.63, 3.8) is 0 Å². The average Bonchev–Trinajstić information content (AvgIpc) is 2.89. The van der Waals surface area contributed by atoms with Gasteiger partial charge in [-0.1, -0.05) is 6.92 Å². The van der Waals surface area contributed by atoms with Gasteiger partial charge in [0.25, 0.3) is 0 Å². The molecule has 0 amide bonds. The van der Waals surface area contributed by atoms with Gasteiger partial charge in [0.2, 0.25) is 0 Å². The highest BCUT2D eigenvalue weighted by atomic mass is 16.6. The van der Waals surface area contributed by atoms with Crippen LogP contribution in [0.4, 0.5) is 5.69 Å². The lowest BCUT2D eigenvalue weighted by Gasteiger charge is -2.09. The van der Waals surface area contributed by atoms with Crippen LogP contribution in [0, 0.1) is 10.1 Å². The number of benzene rings is 1. The zero-order valence-electron chi connectivity index (χ0n) is 11.9. The Morgan fingerprint density at radius 1 is 1.43 bits per heavy atom. The molecule has 0 aliphatic rings. The molecule has 0 aliphatic heterocycles. The highest BCUT2D eigenvalue weighted by Crippen LogP contribution is 2.31. The van der Waals surface area contributed by atoms with Crippen LogP contribution in [0.2, 0.25) is 0 Å². The van der Waals surface area contributed by atoms with E-state index in [1.54, 1.807) is 12.1 Å². The van der Waals surface area contributed by atoms with E-state index in [0.717, 1.165) is 6.42 Å². The molecule has 0 atom stereocenters. The zero-order chi connectivity index (χ0) is 15.4. The highest BCUT2D eigenvalue weighted by Gasteiger charge is 2.19. The Kier molecular flexibility index (Phi) is 4.49. The lowest BCUT2D eigenvalue weighted by Crippen LogP contribution is -2.09. The highest BCUT2D eigenvalue weighted by molar-refractivity contribution is 5.64. The Labute approximate surface area is 121 Å². The van der Waals surface area contributed by atoms with Gasteiger partial charge in [0.05, 0.1) is 18.6 Å². The van der Waals surface area contributed by atoms with E-state index in [0.29, 0.717) is 23.8 Å². The van der Waals surface area contributed by atoms with Crippen LogP contribution in [0.5, 0.6) is 5.75 Å². The summed E-state index contributed by atoms with van der Waals surface area (Å²) in [4.78, 5) is 10.6. The first-order valence-electron chi connectivity index (χ1n) is 6.57. The number of nitro benzene ring substituents is 1. The maximum Gasteiger partial charge on any atom is 0.311 e. The molecule has 112 valence electrons. The standard InChI is InChI=1S/C13H17N5O3/c1-3-6-17-12(8-14)15-16-13(17)9-4-5-11(21-2)10(7-9)18(19)20/h4-5,7H,3,6,8,14H2,1-2H3. The third kappa shape index (κ3) is 2.84. The van der Waals surface area contributed by atoms with E-state index < -0.39 is 4.92 Å². The van der Waals surface area contributed by atoms with Crippen LogP contribution in [-0.4, -0.2) is 26.8 Å². The van der Waals surface area contributed by atoms with Crippen LogP contribution in [0.3, 0.4) is 0 Å². The van der Waals surface area contributed by atoms with Gasteiger partial charge in [-0.2, -0.15) is 0 Å². The average molecular weight is 291 g/mol. The molecule has 0 radical (unpaired) electrons. The van der Waals surface area contributed by atoms with Crippen molar-refractivity contribution < 1.29 is 9.66 Å². The molecule has 21 heavy (non-hydrogen) atoms. The Balaban J connectivity index is 2.54. The number of aromatic nitrogens is 3. The fourth-order valence-corrected chi connectivity index (χ4v) is 2.13. The number of ether oxygens (including phenoxy) is 1. The number of rotatable bonds is 6. The predicted octanol–water partition coefficient (Wildman–Crippen LogP) is 1.73. The molecule has 0 spiro atoms. The van der Waals surface area contributed by atoms with E-state index in [-0.39, 0.29) is 18.0 Å². The van der Waals surface area contributed by atoms with Crippen LogP contribution in [-0.2, 0) is 13.1 Å². The van der Waals surface area contributed by atoms with Crippen molar-refractivity contribution in [3.8, 4) is 17.1 Å². The van der Waals surface area contributed by atoms with Crippen LogP contribution in [0.25, 0.3) is 11.4 Å². The molecule has 2 aromatic rings. The minimum atomic E-state index is -0.479. The summed E-state index contributed by atoms with van der Waals surface area (Å²) >= 11 is 0. The van der Waals surface area contributed by atoms with E-state index >= 15 is 0 Å². The number of methoxy groups -OCH3 is 1. The van der Waals surface area contributed by atoms with E-state index in [2.05, 4.69) is 10.2 Å². The van der Waals surface area contributed by atoms with Crippen molar-refractivity contribution in [1.82, 2.24) is 14.8 Å². The second-order valence-electron chi connectivity index (χ2n) is 4.44. The molecule has 0 aliphatic carbocycles. The summed E-state index contributed by atoms with van der Waals surface area (Å²) in [5, 5.41) is 19.2. The summed E-state index contributed by atoms with van der Waals surface area (Å²) in [5.74, 6) is 1.44. The van der Waals surface area contributed by atoms with Gasteiger partial charge in [-0.25, -0.2) is 0 Å². The number of hydrogen-bond donors (Lipinski definition) is 1. The van der Waals surface area contributed by atoms with Crippen LogP contribution < -0.4 is 10.5 Å². The number of nitro groups is 1. The van der Waals surface area contributed by atoms with Gasteiger partial charge < -0.3 is 15.0 Å². The van der Waals surface area contributed by atoms with Crippen molar-refractivity contribution in [2.75, 3.05) is 7.11 Å². The molecule has 0 unspecified atom stereocenters. The van der Waals surface area contributed by atoms with Crippen LogP contribution in [0.15, 0.2) is 18.2 Å². The molecule has 1 aromatic heterocycles. The minimum Gasteiger partial charge on any atom is -0.490 e. The van der Waals surface area contributed by atoms with Gasteiger partial charge >= 0.3 is 5.69 Å². The van der Waals surface area contributed by atoms with Crippen molar-refractivity contribution >= 4 is 5.69 Å². The van der Waals surface area contributed by atoms with Gasteiger partial charge in [-0.05, 0) is 18.6 Å². The fourth-order valence-electron chi connectivity index (χ4n) is 2.13. The minimum absolute atomic E-state index is 0.102. The summed E-state index contributed by atoms with van der Waals surface area (Å²) < 4.78 is 6.88. The quantitative estimate of drug-likeness (QED) is 0.641. The van der Waals surface area contributed by atoms with E-state index in [1.807, 2.05) is 11.5 Å². The molecular formula is C13H17N5O3. The molecule has 0 bridgehead atoms. The first-order valence-corrected chi connectivity index (χ1v) is 6.57. The van der Waals surface area contributed by atoms with Gasteiger partial charge in [-0.3, -0.25) is 10.1 Å². The molecule has 0 saturated heterocycles. The first kappa shape index (κ1) is 14.9. The Morgan fingerprint density at radius 3 is 2.76 bits per heavy atom. The number of nitrogens with two attached hydrogens (primary N) is 1. The smallest absolute Gasteiger partial charge is 0.311 e. The van der Waals surface area contributed by atoms with Crippen LogP contribution >= 0.6 is 0 Å². The largest absolute Gasteiger partial charge is 0.490 e. The Hall–Kier alpha value is -2.48. The van der Waals surface area contributed by atoms with Gasteiger partial charge in [0, 0.05) is 18.2 Å². The molecule has 2 N–H and O–H groups in total. The predicted molar refractivity (Wildman–Crippen MR) is 76.8 cm³/mol. The SMILES string of the molecule is CCCn1c(CN)nnc1-c1ccc(OC)c([N+](=O)[O-])c1. The van der Waals surface area contributed by atoms with E-state index in [9.17, 15) is 10.1 Å². The monoisotopic (exact) mass is 291 g/mol. The third-order valence-corrected chi connectivity index (χ3v) is 3.09. The van der Waals surface area contributed by atoms with Crippen molar-refractivity contribution in [2.45, 2.75) is 26.4 Å². The van der Waals surface area contributed by atoms with E-state index in [4.69, 9.17) is 10.5 Å². The van der Waals surface area contributed by atoms with Gasteiger partial charge in [0.1, 0.15) is 5.82 Å². The summed E-state index contributed by atoms with van der Waals surface area (Å²) in [6.45, 7) is 3.00. The molecule has 1 aromatic carbocycles. The Bertz CT molecular complexity index is 653. The summed E-state index contributed by atoms with van der Waals surface area (Å²) in [7, 11) is 1.40. The Morgan fingerprint density at radius 2 is 2.19 bits per heavy atom. The fraction of sp³-hybridized carbons (Fsp3) is 0.385. The van der Waals surface area contributed by atoms with E-state index in [1.165, 1.54) is 13.2 Å². The molecule has 0 fully saturated rings. The number of hydrogen-bond acceptors (Lipinski definition) is 6. The molecule has 8 nitrogen and oxygen atoms in total. The molecular weight excluding hydrogens is 274 g/mol. The zero-order valence-corrected chi connectivity index (χ0v) is 11.9. The lowest BCUT2D eigenvalue weighted by atomic mass is 10.1. The lowest BCUT2D eigenvalue weighted by molar-refractivity contribution is -0.385. The second-order valence-corrected chi connectivity index (χ2v) is 4.44. The van der Waals surface area contributed by atoms with Crippen molar-refractivity contribution in [2.24, 2.45) is 5.73 Å². The summed E-state index contributed by atoms with van der Waals surface area (Å²) in [6, 6.07) is 4.72. The van der Waals surface area contributed by atoms with Crippen LogP contribution in [0.1, 0.15) is 19.2 Å². The van der Waals surface area contributed by atoms with Crippen molar-refractivity contribution in [1.29, 1.82) is 0 Å².